The number of aryl methyl sites for hydroxylation is 1. The van der Waals surface area contributed by atoms with Gasteiger partial charge in [-0.2, -0.15) is 0 Å². The van der Waals surface area contributed by atoms with Crippen molar-refractivity contribution < 1.29 is 4.74 Å². The second-order valence-electron chi connectivity index (χ2n) is 4.74. The van der Waals surface area contributed by atoms with Crippen LogP contribution in [0, 0.1) is 0 Å². The zero-order chi connectivity index (χ0) is 13.9. The van der Waals surface area contributed by atoms with Gasteiger partial charge < -0.3 is 10.1 Å². The number of pyridine rings is 1. The maximum absolute atomic E-state index is 5.73. The number of unbranched alkanes of at least 4 members (excludes halogenated alkanes) is 2. The number of nitrogens with zero attached hydrogens (tertiary/aromatic N) is 1. The van der Waals surface area contributed by atoms with Gasteiger partial charge in [0.1, 0.15) is 12.4 Å². The number of hydrogen-bond acceptors (Lipinski definition) is 3. The molecule has 0 amide bonds. The molecule has 0 bridgehead atoms. The minimum absolute atomic E-state index is 0.541. The highest BCUT2D eigenvalue weighted by Crippen LogP contribution is 2.15. The summed E-state index contributed by atoms with van der Waals surface area (Å²) in [6.07, 6.45) is 9.88. The predicted molar refractivity (Wildman–Crippen MR) is 80.7 cm³/mol. The van der Waals surface area contributed by atoms with Gasteiger partial charge in [-0.15, -0.1) is 0 Å². The molecule has 1 atom stereocenters. The van der Waals surface area contributed by atoms with Crippen molar-refractivity contribution in [2.75, 3.05) is 13.2 Å². The lowest BCUT2D eigenvalue weighted by molar-refractivity contribution is 0.217. The third-order valence-electron chi connectivity index (χ3n) is 3.22. The van der Waals surface area contributed by atoms with Crippen LogP contribution in [0.15, 0.2) is 18.5 Å². The molecule has 19 heavy (non-hydrogen) atoms. The Bertz CT molecular complexity index is 337. The van der Waals surface area contributed by atoms with Crippen LogP contribution in [-0.4, -0.2) is 24.2 Å². The molecule has 2 rings (SSSR count). The summed E-state index contributed by atoms with van der Waals surface area (Å²) in [4.78, 5) is 4.24. The van der Waals surface area contributed by atoms with Crippen LogP contribution in [0.4, 0.5) is 0 Å². The Morgan fingerprint density at radius 2 is 2.11 bits per heavy atom. The highest BCUT2D eigenvalue weighted by atomic mass is 16.5. The second-order valence-corrected chi connectivity index (χ2v) is 4.74. The summed E-state index contributed by atoms with van der Waals surface area (Å²) in [5, 5.41) is 3.33. The molecule has 1 aromatic rings. The minimum Gasteiger partial charge on any atom is -0.490 e. The van der Waals surface area contributed by atoms with Crippen LogP contribution >= 0.6 is 0 Å². The Morgan fingerprint density at radius 3 is 2.74 bits per heavy atom. The van der Waals surface area contributed by atoms with Crippen LogP contribution in [0.3, 0.4) is 0 Å². The zero-order valence-corrected chi connectivity index (χ0v) is 12.6. The number of nitrogens with one attached hydrogen (secondary N) is 1. The first kappa shape index (κ1) is 16.0. The maximum atomic E-state index is 5.73. The molecule has 3 heteroatoms. The van der Waals surface area contributed by atoms with E-state index in [0.29, 0.717) is 6.04 Å². The fraction of sp³-hybridized carbons (Fsp3) is 0.688. The quantitative estimate of drug-likeness (QED) is 0.764. The van der Waals surface area contributed by atoms with E-state index in [1.165, 1.54) is 31.2 Å². The first-order valence-electron chi connectivity index (χ1n) is 7.68. The van der Waals surface area contributed by atoms with Crippen molar-refractivity contribution in [2.45, 2.75) is 58.9 Å². The number of rotatable bonds is 7. The van der Waals surface area contributed by atoms with Gasteiger partial charge in [-0.3, -0.25) is 4.98 Å². The van der Waals surface area contributed by atoms with Crippen molar-refractivity contribution in [1.29, 1.82) is 0 Å². The van der Waals surface area contributed by atoms with Crippen molar-refractivity contribution in [1.82, 2.24) is 10.3 Å². The molecule has 1 N–H and O–H groups in total. The molecule has 3 nitrogen and oxygen atoms in total. The van der Waals surface area contributed by atoms with Crippen LogP contribution in [0.5, 0.6) is 5.75 Å². The molecule has 0 aromatic carbocycles. The summed E-state index contributed by atoms with van der Waals surface area (Å²) >= 11 is 0. The second kappa shape index (κ2) is 9.79. The lowest BCUT2D eigenvalue weighted by Crippen LogP contribution is -2.46. The fourth-order valence-electron chi connectivity index (χ4n) is 1.95. The van der Waals surface area contributed by atoms with Gasteiger partial charge >= 0.3 is 0 Å². The molecular weight excluding hydrogens is 236 g/mol. The third-order valence-corrected chi connectivity index (χ3v) is 3.22. The summed E-state index contributed by atoms with van der Waals surface area (Å²) in [7, 11) is 0. The van der Waals surface area contributed by atoms with E-state index < -0.39 is 0 Å². The highest BCUT2D eigenvalue weighted by Gasteiger charge is 2.16. The Labute approximate surface area is 117 Å². The van der Waals surface area contributed by atoms with Gasteiger partial charge in [-0.05, 0) is 37.4 Å². The predicted octanol–water partition coefficient (Wildman–Crippen LogP) is 3.58. The summed E-state index contributed by atoms with van der Waals surface area (Å²) in [6.45, 7) is 8.12. The first-order chi connectivity index (χ1) is 9.38. The molecule has 1 aliphatic heterocycles. The van der Waals surface area contributed by atoms with E-state index in [-0.39, 0.29) is 0 Å². The molecule has 1 saturated heterocycles. The van der Waals surface area contributed by atoms with E-state index in [9.17, 15) is 0 Å². The largest absolute Gasteiger partial charge is 0.490 e. The van der Waals surface area contributed by atoms with Gasteiger partial charge in [0.25, 0.3) is 0 Å². The van der Waals surface area contributed by atoms with Crippen molar-refractivity contribution in [3.8, 4) is 5.75 Å². The van der Waals surface area contributed by atoms with Crippen LogP contribution in [-0.2, 0) is 6.42 Å². The van der Waals surface area contributed by atoms with E-state index in [2.05, 4.69) is 23.3 Å². The minimum atomic E-state index is 0.541. The van der Waals surface area contributed by atoms with E-state index >= 15 is 0 Å². The van der Waals surface area contributed by atoms with Gasteiger partial charge in [0.05, 0.1) is 6.20 Å². The Kier molecular flexibility index (Phi) is 8.23. The van der Waals surface area contributed by atoms with Crippen LogP contribution in [0.1, 0.15) is 52.0 Å². The van der Waals surface area contributed by atoms with Crippen LogP contribution in [0.2, 0.25) is 0 Å². The Morgan fingerprint density at radius 1 is 1.32 bits per heavy atom. The fourth-order valence-corrected chi connectivity index (χ4v) is 1.95. The van der Waals surface area contributed by atoms with Crippen molar-refractivity contribution in [3.63, 3.8) is 0 Å². The molecule has 1 unspecified atom stereocenters. The standard InChI is InChI=1S/C14H22N2O.C2H6/c1-2-3-4-5-12-8-14(10-15-9-12)17-11-13-6-7-16-13;1-2/h8-10,13,16H,2-7,11H2,1H3;1-2H3. The Balaban J connectivity index is 0.000000861. The molecule has 108 valence electrons. The topological polar surface area (TPSA) is 34.1 Å². The monoisotopic (exact) mass is 264 g/mol. The normalized spacial score (nSPS) is 17.1. The van der Waals surface area contributed by atoms with Gasteiger partial charge in [0, 0.05) is 12.2 Å². The molecule has 1 aliphatic rings. The van der Waals surface area contributed by atoms with E-state index in [1.54, 1.807) is 0 Å². The number of ether oxygens (including phenoxy) is 1. The van der Waals surface area contributed by atoms with Crippen LogP contribution < -0.4 is 10.1 Å². The lowest BCUT2D eigenvalue weighted by Gasteiger charge is -2.27. The van der Waals surface area contributed by atoms with Crippen LogP contribution in [0.25, 0.3) is 0 Å². The summed E-state index contributed by atoms with van der Waals surface area (Å²) in [6, 6.07) is 2.67. The summed E-state index contributed by atoms with van der Waals surface area (Å²) in [5.74, 6) is 0.910. The summed E-state index contributed by atoms with van der Waals surface area (Å²) < 4.78 is 5.73. The third kappa shape index (κ3) is 6.06. The van der Waals surface area contributed by atoms with Gasteiger partial charge in [-0.25, -0.2) is 0 Å². The van der Waals surface area contributed by atoms with E-state index in [0.717, 1.165) is 25.3 Å². The van der Waals surface area contributed by atoms with Crippen molar-refractivity contribution in [2.24, 2.45) is 0 Å². The lowest BCUT2D eigenvalue weighted by atomic mass is 10.1. The molecule has 0 spiro atoms. The smallest absolute Gasteiger partial charge is 0.137 e. The van der Waals surface area contributed by atoms with E-state index in [1.807, 2.05) is 26.2 Å². The molecule has 0 aliphatic carbocycles. The van der Waals surface area contributed by atoms with E-state index in [4.69, 9.17) is 4.74 Å². The van der Waals surface area contributed by atoms with Gasteiger partial charge in [0.2, 0.25) is 0 Å². The summed E-state index contributed by atoms with van der Waals surface area (Å²) in [5.41, 5.74) is 1.29. The van der Waals surface area contributed by atoms with Crippen molar-refractivity contribution in [3.05, 3.63) is 24.0 Å². The van der Waals surface area contributed by atoms with Crippen molar-refractivity contribution >= 4 is 0 Å². The first-order valence-corrected chi connectivity index (χ1v) is 7.68. The molecule has 1 fully saturated rings. The Hall–Kier alpha value is -1.09. The van der Waals surface area contributed by atoms with Gasteiger partial charge in [-0.1, -0.05) is 33.6 Å². The zero-order valence-electron chi connectivity index (χ0n) is 12.6. The average molecular weight is 264 g/mol. The SMILES string of the molecule is CC.CCCCCc1cncc(OCC2CCN2)c1. The maximum Gasteiger partial charge on any atom is 0.137 e. The molecule has 0 radical (unpaired) electrons. The molecule has 1 aromatic heterocycles. The molecule has 0 saturated carbocycles. The molecule has 2 heterocycles. The average Bonchev–Trinajstić information content (AvgIpc) is 2.40. The highest BCUT2D eigenvalue weighted by molar-refractivity contribution is 5.23. The molecular formula is C16H28N2O. The van der Waals surface area contributed by atoms with Gasteiger partial charge in [0.15, 0.2) is 0 Å². The number of hydrogen-bond donors (Lipinski definition) is 1. The number of aromatic nitrogens is 1.